The Morgan fingerprint density at radius 2 is 2.00 bits per heavy atom. The number of anilines is 1. The molecule has 6 nitrogen and oxygen atoms in total. The van der Waals surface area contributed by atoms with Crippen molar-refractivity contribution in [1.82, 2.24) is 9.97 Å². The van der Waals surface area contributed by atoms with Crippen LogP contribution in [-0.4, -0.2) is 38.3 Å². The van der Waals surface area contributed by atoms with Gasteiger partial charge in [0.2, 0.25) is 0 Å². The van der Waals surface area contributed by atoms with Gasteiger partial charge in [0.15, 0.2) is 0 Å². The van der Waals surface area contributed by atoms with Gasteiger partial charge in [0.05, 0.1) is 18.1 Å². The minimum atomic E-state index is -0.834. The first-order chi connectivity index (χ1) is 10.0. The third-order valence-electron chi connectivity index (χ3n) is 4.50. The van der Waals surface area contributed by atoms with E-state index in [2.05, 4.69) is 15.3 Å². The standard InChI is InChI=1S/C15H21N3O3/c1-8-16-11-5-3-2-4-10(11)14(17-8)18-12-6-9(15(20)21)7-13(12)19/h9,12-13,19H,2-7H2,1H3,(H,20,21)(H,16,17,18). The molecule has 0 spiro atoms. The number of aliphatic hydroxyl groups excluding tert-OH is 1. The van der Waals surface area contributed by atoms with E-state index >= 15 is 0 Å². The van der Waals surface area contributed by atoms with Crippen LogP contribution in [0.5, 0.6) is 0 Å². The Labute approximate surface area is 123 Å². The van der Waals surface area contributed by atoms with Gasteiger partial charge in [-0.3, -0.25) is 4.79 Å². The summed E-state index contributed by atoms with van der Waals surface area (Å²) in [6.45, 7) is 1.87. The number of fused-ring (bicyclic) bond motifs is 1. The van der Waals surface area contributed by atoms with Crippen molar-refractivity contribution in [3.8, 4) is 0 Å². The van der Waals surface area contributed by atoms with Crippen molar-refractivity contribution in [2.75, 3.05) is 5.32 Å². The normalized spacial score (nSPS) is 28.2. The Morgan fingerprint density at radius 3 is 2.71 bits per heavy atom. The van der Waals surface area contributed by atoms with Gasteiger partial charge in [0.25, 0.3) is 0 Å². The third kappa shape index (κ3) is 2.85. The van der Waals surface area contributed by atoms with Crippen LogP contribution >= 0.6 is 0 Å². The molecule has 0 bridgehead atoms. The van der Waals surface area contributed by atoms with Crippen LogP contribution in [0.4, 0.5) is 5.82 Å². The minimum absolute atomic E-state index is 0.244. The lowest BCUT2D eigenvalue weighted by molar-refractivity contribution is -0.141. The topological polar surface area (TPSA) is 95.3 Å². The number of hydrogen-bond donors (Lipinski definition) is 3. The number of aliphatic carboxylic acids is 1. The number of aryl methyl sites for hydroxylation is 2. The van der Waals surface area contributed by atoms with Crippen molar-refractivity contribution in [1.29, 1.82) is 0 Å². The zero-order valence-electron chi connectivity index (χ0n) is 12.2. The summed E-state index contributed by atoms with van der Waals surface area (Å²) in [6, 6.07) is -0.244. The van der Waals surface area contributed by atoms with E-state index in [0.29, 0.717) is 12.8 Å². The molecule has 6 heteroatoms. The van der Waals surface area contributed by atoms with Crippen LogP contribution in [0.2, 0.25) is 0 Å². The van der Waals surface area contributed by atoms with Crippen molar-refractivity contribution in [3.05, 3.63) is 17.1 Å². The van der Waals surface area contributed by atoms with Crippen molar-refractivity contribution in [3.63, 3.8) is 0 Å². The molecule has 0 amide bonds. The van der Waals surface area contributed by atoms with E-state index in [4.69, 9.17) is 5.11 Å². The van der Waals surface area contributed by atoms with Gasteiger partial charge in [-0.05, 0) is 45.4 Å². The molecule has 114 valence electrons. The maximum absolute atomic E-state index is 11.1. The number of rotatable bonds is 3. The van der Waals surface area contributed by atoms with Gasteiger partial charge in [-0.1, -0.05) is 0 Å². The second-order valence-electron chi connectivity index (χ2n) is 6.08. The molecular formula is C15H21N3O3. The molecule has 1 saturated carbocycles. The first-order valence-electron chi connectivity index (χ1n) is 7.58. The molecule has 1 fully saturated rings. The summed E-state index contributed by atoms with van der Waals surface area (Å²) < 4.78 is 0. The lowest BCUT2D eigenvalue weighted by atomic mass is 9.96. The fourth-order valence-electron chi connectivity index (χ4n) is 3.38. The second kappa shape index (κ2) is 5.60. The van der Waals surface area contributed by atoms with E-state index in [1.807, 2.05) is 6.92 Å². The average Bonchev–Trinajstić information content (AvgIpc) is 2.80. The Balaban J connectivity index is 1.82. The van der Waals surface area contributed by atoms with Gasteiger partial charge < -0.3 is 15.5 Å². The molecule has 3 N–H and O–H groups in total. The summed E-state index contributed by atoms with van der Waals surface area (Å²) in [7, 11) is 0. The summed E-state index contributed by atoms with van der Waals surface area (Å²) in [4.78, 5) is 20.0. The highest BCUT2D eigenvalue weighted by Crippen LogP contribution is 2.31. The molecular weight excluding hydrogens is 270 g/mol. The van der Waals surface area contributed by atoms with E-state index in [1.54, 1.807) is 0 Å². The van der Waals surface area contributed by atoms with Crippen LogP contribution in [0, 0.1) is 12.8 Å². The number of carboxylic acid groups (broad SMARTS) is 1. The monoisotopic (exact) mass is 291 g/mol. The summed E-state index contributed by atoms with van der Waals surface area (Å²) in [5.41, 5.74) is 2.23. The highest BCUT2D eigenvalue weighted by atomic mass is 16.4. The van der Waals surface area contributed by atoms with Crippen LogP contribution in [0.3, 0.4) is 0 Å². The van der Waals surface area contributed by atoms with E-state index in [1.165, 1.54) is 0 Å². The number of carboxylic acids is 1. The van der Waals surface area contributed by atoms with E-state index in [9.17, 15) is 9.90 Å². The highest BCUT2D eigenvalue weighted by Gasteiger charge is 2.37. The lowest BCUT2D eigenvalue weighted by Crippen LogP contribution is -2.30. The number of carbonyl (C=O) groups is 1. The summed E-state index contributed by atoms with van der Waals surface area (Å²) in [6.07, 6.45) is 4.30. The van der Waals surface area contributed by atoms with Crippen LogP contribution in [0.25, 0.3) is 0 Å². The van der Waals surface area contributed by atoms with Gasteiger partial charge >= 0.3 is 5.97 Å². The van der Waals surface area contributed by atoms with Crippen LogP contribution in [0.15, 0.2) is 0 Å². The van der Waals surface area contributed by atoms with Crippen molar-refractivity contribution < 1.29 is 15.0 Å². The van der Waals surface area contributed by atoms with E-state index in [0.717, 1.165) is 48.6 Å². The van der Waals surface area contributed by atoms with Gasteiger partial charge in [-0.2, -0.15) is 0 Å². The molecule has 21 heavy (non-hydrogen) atoms. The molecule has 1 aromatic rings. The molecule has 3 rings (SSSR count). The fourth-order valence-corrected chi connectivity index (χ4v) is 3.38. The quantitative estimate of drug-likeness (QED) is 0.777. The third-order valence-corrected chi connectivity index (χ3v) is 4.50. The Hall–Kier alpha value is -1.69. The fraction of sp³-hybridized carbons (Fsp3) is 0.667. The number of nitrogens with one attached hydrogen (secondary N) is 1. The summed E-state index contributed by atoms with van der Waals surface area (Å²) >= 11 is 0. The SMILES string of the molecule is Cc1nc2c(c(NC3CC(C(=O)O)CC3O)n1)CCCC2. The number of nitrogens with zero attached hydrogens (tertiary/aromatic N) is 2. The molecule has 1 aromatic heterocycles. The number of aliphatic hydroxyl groups is 1. The second-order valence-corrected chi connectivity index (χ2v) is 6.08. The Morgan fingerprint density at radius 1 is 1.24 bits per heavy atom. The van der Waals surface area contributed by atoms with E-state index < -0.39 is 18.0 Å². The number of aromatic nitrogens is 2. The zero-order chi connectivity index (χ0) is 15.0. The van der Waals surface area contributed by atoms with Gasteiger partial charge in [0, 0.05) is 11.3 Å². The lowest BCUT2D eigenvalue weighted by Gasteiger charge is -2.23. The molecule has 2 aliphatic carbocycles. The predicted octanol–water partition coefficient (Wildman–Crippen LogP) is 1.30. The molecule has 0 aliphatic heterocycles. The van der Waals surface area contributed by atoms with Crippen LogP contribution in [-0.2, 0) is 17.6 Å². The van der Waals surface area contributed by atoms with E-state index in [-0.39, 0.29) is 6.04 Å². The molecule has 3 atom stereocenters. The molecule has 0 aromatic carbocycles. The first kappa shape index (κ1) is 14.3. The smallest absolute Gasteiger partial charge is 0.306 e. The van der Waals surface area contributed by atoms with Gasteiger partial charge in [-0.25, -0.2) is 9.97 Å². The first-order valence-corrected chi connectivity index (χ1v) is 7.58. The Bertz CT molecular complexity index is 561. The van der Waals surface area contributed by atoms with Gasteiger partial charge in [-0.15, -0.1) is 0 Å². The Kier molecular flexibility index (Phi) is 3.80. The van der Waals surface area contributed by atoms with Crippen molar-refractivity contribution in [2.45, 2.75) is 57.6 Å². The maximum Gasteiger partial charge on any atom is 0.306 e. The maximum atomic E-state index is 11.1. The minimum Gasteiger partial charge on any atom is -0.481 e. The molecule has 0 saturated heterocycles. The largest absolute Gasteiger partial charge is 0.481 e. The van der Waals surface area contributed by atoms with Crippen LogP contribution in [0.1, 0.15) is 42.8 Å². The molecule has 0 radical (unpaired) electrons. The molecule has 2 aliphatic rings. The predicted molar refractivity (Wildman–Crippen MR) is 77.2 cm³/mol. The van der Waals surface area contributed by atoms with Crippen LogP contribution < -0.4 is 5.32 Å². The molecule has 1 heterocycles. The van der Waals surface area contributed by atoms with Crippen molar-refractivity contribution >= 4 is 11.8 Å². The highest BCUT2D eigenvalue weighted by molar-refractivity contribution is 5.70. The zero-order valence-corrected chi connectivity index (χ0v) is 12.2. The number of hydrogen-bond acceptors (Lipinski definition) is 5. The van der Waals surface area contributed by atoms with Gasteiger partial charge in [0.1, 0.15) is 11.6 Å². The summed E-state index contributed by atoms with van der Waals surface area (Å²) in [5.74, 6) is 0.197. The average molecular weight is 291 g/mol. The molecule has 3 unspecified atom stereocenters. The summed E-state index contributed by atoms with van der Waals surface area (Å²) in [5, 5.41) is 22.4. The van der Waals surface area contributed by atoms with Crippen molar-refractivity contribution in [2.24, 2.45) is 5.92 Å².